The van der Waals surface area contributed by atoms with E-state index in [-0.39, 0.29) is 5.82 Å². The molecule has 0 spiro atoms. The lowest BCUT2D eigenvalue weighted by molar-refractivity contribution is 0.618. The Morgan fingerprint density at radius 2 is 1.82 bits per heavy atom. The van der Waals surface area contributed by atoms with E-state index in [9.17, 15) is 4.39 Å². The second kappa shape index (κ2) is 5.38. The van der Waals surface area contributed by atoms with E-state index in [0.717, 1.165) is 11.1 Å². The number of benzene rings is 2. The van der Waals surface area contributed by atoms with Gasteiger partial charge in [-0.05, 0) is 29.3 Å². The maximum absolute atomic E-state index is 13.6. The molecule has 0 N–H and O–H groups in total. The SMILES string of the molecule is Fc1cccc(-c2ccc(Cl)c(Cl)c2)c1CBr. The number of hydrogen-bond acceptors (Lipinski definition) is 0. The topological polar surface area (TPSA) is 0 Å². The Hall–Kier alpha value is -0.570. The van der Waals surface area contributed by atoms with Crippen molar-refractivity contribution in [3.8, 4) is 11.1 Å². The van der Waals surface area contributed by atoms with Crippen molar-refractivity contribution in [1.82, 2.24) is 0 Å². The molecule has 0 unspecified atom stereocenters. The minimum atomic E-state index is -0.231. The van der Waals surface area contributed by atoms with Crippen molar-refractivity contribution in [1.29, 1.82) is 0 Å². The molecule has 0 atom stereocenters. The van der Waals surface area contributed by atoms with E-state index >= 15 is 0 Å². The monoisotopic (exact) mass is 332 g/mol. The van der Waals surface area contributed by atoms with Gasteiger partial charge < -0.3 is 0 Å². The van der Waals surface area contributed by atoms with Gasteiger partial charge in [-0.15, -0.1) is 0 Å². The van der Waals surface area contributed by atoms with Crippen LogP contribution in [0, 0.1) is 5.82 Å². The lowest BCUT2D eigenvalue weighted by Crippen LogP contribution is -1.91. The third kappa shape index (κ3) is 2.65. The second-order valence-electron chi connectivity index (χ2n) is 3.53. The van der Waals surface area contributed by atoms with Gasteiger partial charge in [0.15, 0.2) is 0 Å². The highest BCUT2D eigenvalue weighted by Crippen LogP contribution is 2.32. The van der Waals surface area contributed by atoms with Gasteiger partial charge in [0.25, 0.3) is 0 Å². The molecule has 0 aromatic heterocycles. The summed E-state index contributed by atoms with van der Waals surface area (Å²) in [5.41, 5.74) is 2.29. The Morgan fingerprint density at radius 3 is 2.47 bits per heavy atom. The van der Waals surface area contributed by atoms with E-state index in [1.807, 2.05) is 12.1 Å². The first-order valence-corrected chi connectivity index (χ1v) is 6.80. The fraction of sp³-hybridized carbons (Fsp3) is 0.0769. The number of rotatable bonds is 2. The molecule has 0 aliphatic carbocycles. The van der Waals surface area contributed by atoms with Crippen LogP contribution < -0.4 is 0 Å². The lowest BCUT2D eigenvalue weighted by atomic mass is 10.0. The minimum Gasteiger partial charge on any atom is -0.207 e. The minimum absolute atomic E-state index is 0.231. The number of alkyl halides is 1. The molecule has 0 nitrogen and oxygen atoms in total. The molecule has 0 saturated carbocycles. The summed E-state index contributed by atoms with van der Waals surface area (Å²) in [6.45, 7) is 0. The maximum atomic E-state index is 13.6. The standard InChI is InChI=1S/C13H8BrCl2F/c14-7-10-9(2-1-3-13(10)17)8-4-5-11(15)12(16)6-8/h1-6H,7H2. The van der Waals surface area contributed by atoms with E-state index < -0.39 is 0 Å². The first-order valence-electron chi connectivity index (χ1n) is 4.92. The van der Waals surface area contributed by atoms with Crippen molar-refractivity contribution in [3.05, 3.63) is 57.8 Å². The van der Waals surface area contributed by atoms with Crippen LogP contribution in [0.5, 0.6) is 0 Å². The highest BCUT2D eigenvalue weighted by Gasteiger charge is 2.10. The molecule has 0 bridgehead atoms. The van der Waals surface area contributed by atoms with Gasteiger partial charge in [0.05, 0.1) is 10.0 Å². The highest BCUT2D eigenvalue weighted by molar-refractivity contribution is 9.08. The van der Waals surface area contributed by atoms with Gasteiger partial charge in [0.2, 0.25) is 0 Å². The summed E-state index contributed by atoms with van der Waals surface area (Å²) in [6, 6.07) is 10.3. The third-order valence-electron chi connectivity index (χ3n) is 2.48. The summed E-state index contributed by atoms with van der Waals surface area (Å²) in [7, 11) is 0. The highest BCUT2D eigenvalue weighted by atomic mass is 79.9. The molecule has 2 rings (SSSR count). The molecular formula is C13H8BrCl2F. The van der Waals surface area contributed by atoms with Crippen LogP contribution in [0.25, 0.3) is 11.1 Å². The summed E-state index contributed by atoms with van der Waals surface area (Å²) >= 11 is 15.1. The van der Waals surface area contributed by atoms with Crippen molar-refractivity contribution in [2.45, 2.75) is 5.33 Å². The van der Waals surface area contributed by atoms with Gasteiger partial charge in [-0.1, -0.05) is 57.3 Å². The van der Waals surface area contributed by atoms with Crippen LogP contribution in [-0.4, -0.2) is 0 Å². The van der Waals surface area contributed by atoms with Crippen LogP contribution in [-0.2, 0) is 5.33 Å². The molecule has 2 aromatic rings. The predicted molar refractivity (Wildman–Crippen MR) is 74.5 cm³/mol. The zero-order chi connectivity index (χ0) is 12.4. The lowest BCUT2D eigenvalue weighted by Gasteiger charge is -2.09. The summed E-state index contributed by atoms with van der Waals surface area (Å²) in [6.07, 6.45) is 0. The quantitative estimate of drug-likeness (QED) is 0.619. The second-order valence-corrected chi connectivity index (χ2v) is 4.90. The van der Waals surface area contributed by atoms with E-state index in [4.69, 9.17) is 23.2 Å². The van der Waals surface area contributed by atoms with Crippen molar-refractivity contribution >= 4 is 39.1 Å². The van der Waals surface area contributed by atoms with Crippen molar-refractivity contribution in [2.24, 2.45) is 0 Å². The molecule has 4 heteroatoms. The fourth-order valence-corrected chi connectivity index (χ4v) is 2.50. The molecule has 2 aromatic carbocycles. The summed E-state index contributed by atoms with van der Waals surface area (Å²) in [5.74, 6) is -0.231. The van der Waals surface area contributed by atoms with Crippen LogP contribution in [0.2, 0.25) is 10.0 Å². The van der Waals surface area contributed by atoms with Crippen LogP contribution >= 0.6 is 39.1 Å². The van der Waals surface area contributed by atoms with E-state index in [1.165, 1.54) is 6.07 Å². The van der Waals surface area contributed by atoms with E-state index in [1.54, 1.807) is 18.2 Å². The summed E-state index contributed by atoms with van der Waals surface area (Å²) in [5, 5.41) is 1.41. The first kappa shape index (κ1) is 12.9. The zero-order valence-electron chi connectivity index (χ0n) is 8.68. The Balaban J connectivity index is 2.60. The van der Waals surface area contributed by atoms with Gasteiger partial charge in [-0.25, -0.2) is 4.39 Å². The van der Waals surface area contributed by atoms with Gasteiger partial charge in [0.1, 0.15) is 5.82 Å². The molecule has 0 aliphatic rings. The molecule has 0 fully saturated rings. The molecule has 0 amide bonds. The van der Waals surface area contributed by atoms with Crippen LogP contribution in [0.4, 0.5) is 4.39 Å². The van der Waals surface area contributed by atoms with Gasteiger partial charge in [-0.2, -0.15) is 0 Å². The number of hydrogen-bond donors (Lipinski definition) is 0. The molecule has 88 valence electrons. The van der Waals surface area contributed by atoms with Crippen LogP contribution in [0.1, 0.15) is 5.56 Å². The summed E-state index contributed by atoms with van der Waals surface area (Å²) in [4.78, 5) is 0. The molecule has 0 saturated heterocycles. The van der Waals surface area contributed by atoms with Gasteiger partial charge in [-0.3, -0.25) is 0 Å². The molecule has 17 heavy (non-hydrogen) atoms. The Morgan fingerprint density at radius 1 is 1.06 bits per heavy atom. The van der Waals surface area contributed by atoms with Crippen molar-refractivity contribution < 1.29 is 4.39 Å². The Bertz CT molecular complexity index is 555. The maximum Gasteiger partial charge on any atom is 0.127 e. The Kier molecular flexibility index (Phi) is 4.08. The predicted octanol–water partition coefficient (Wildman–Crippen LogP) is 5.69. The third-order valence-corrected chi connectivity index (χ3v) is 3.78. The molecule has 0 radical (unpaired) electrons. The Labute approximate surface area is 117 Å². The summed E-state index contributed by atoms with van der Waals surface area (Å²) < 4.78 is 13.6. The average Bonchev–Trinajstić information content (AvgIpc) is 2.32. The molecule has 0 aliphatic heterocycles. The van der Waals surface area contributed by atoms with Crippen LogP contribution in [0.15, 0.2) is 36.4 Å². The average molecular weight is 334 g/mol. The number of halogens is 4. The smallest absolute Gasteiger partial charge is 0.127 e. The van der Waals surface area contributed by atoms with Gasteiger partial charge >= 0.3 is 0 Å². The van der Waals surface area contributed by atoms with Crippen LogP contribution in [0.3, 0.4) is 0 Å². The largest absolute Gasteiger partial charge is 0.207 e. The fourth-order valence-electron chi connectivity index (χ4n) is 1.63. The van der Waals surface area contributed by atoms with Crippen molar-refractivity contribution in [2.75, 3.05) is 0 Å². The van der Waals surface area contributed by atoms with Gasteiger partial charge in [0, 0.05) is 10.9 Å². The molecule has 0 heterocycles. The normalized spacial score (nSPS) is 10.6. The zero-order valence-corrected chi connectivity index (χ0v) is 11.8. The molecular weight excluding hydrogens is 326 g/mol. The first-order chi connectivity index (χ1) is 8.13. The van der Waals surface area contributed by atoms with E-state index in [2.05, 4.69) is 15.9 Å². The van der Waals surface area contributed by atoms with Crippen molar-refractivity contribution in [3.63, 3.8) is 0 Å². The van der Waals surface area contributed by atoms with E-state index in [0.29, 0.717) is 20.9 Å².